The molecule has 19 heavy (non-hydrogen) atoms. The molecule has 3 rings (SSSR count). The number of aromatic nitrogens is 1. The summed E-state index contributed by atoms with van der Waals surface area (Å²) in [6.45, 7) is 0. The third-order valence-corrected chi connectivity index (χ3v) is 2.95. The van der Waals surface area contributed by atoms with Crippen molar-refractivity contribution in [2.24, 2.45) is 0 Å². The number of nitrogens with zero attached hydrogens (tertiary/aromatic N) is 1. The van der Waals surface area contributed by atoms with Crippen molar-refractivity contribution in [2.75, 3.05) is 5.32 Å². The Kier molecular flexibility index (Phi) is 2.94. The van der Waals surface area contributed by atoms with Gasteiger partial charge in [-0.15, -0.1) is 0 Å². The van der Waals surface area contributed by atoms with Crippen LogP contribution in [0.5, 0.6) is 0 Å². The lowest BCUT2D eigenvalue weighted by molar-refractivity contribution is 0.102. The summed E-state index contributed by atoms with van der Waals surface area (Å²) in [6.07, 6.45) is 3.30. The Morgan fingerprint density at radius 2 is 1.79 bits per heavy atom. The van der Waals surface area contributed by atoms with E-state index >= 15 is 0 Å². The molecule has 0 saturated carbocycles. The second kappa shape index (κ2) is 4.90. The van der Waals surface area contributed by atoms with Crippen molar-refractivity contribution in [3.05, 3.63) is 72.6 Å². The second-order valence-corrected chi connectivity index (χ2v) is 4.22. The summed E-state index contributed by atoms with van der Waals surface area (Å²) < 4.78 is 0. The van der Waals surface area contributed by atoms with Crippen molar-refractivity contribution in [3.63, 3.8) is 0 Å². The van der Waals surface area contributed by atoms with Gasteiger partial charge in [0, 0.05) is 11.8 Å². The highest BCUT2D eigenvalue weighted by Crippen LogP contribution is 2.19. The standard InChI is InChI=1S/C16H12N2O/c19-16(18-13-7-4-10-17-11-13)15-9-3-6-12-5-1-2-8-14(12)15/h1-11H,(H,18,19). The molecule has 1 N–H and O–H groups in total. The predicted octanol–water partition coefficient (Wildman–Crippen LogP) is 3.49. The topological polar surface area (TPSA) is 42.0 Å². The van der Waals surface area contributed by atoms with E-state index < -0.39 is 0 Å². The van der Waals surface area contributed by atoms with Gasteiger partial charge in [-0.05, 0) is 29.0 Å². The molecule has 0 saturated heterocycles. The molecule has 0 spiro atoms. The summed E-state index contributed by atoms with van der Waals surface area (Å²) >= 11 is 0. The SMILES string of the molecule is O=C(Nc1cccnc1)c1cccc2ccccc12. The Bertz CT molecular complexity index is 718. The molecule has 2 aromatic carbocycles. The van der Waals surface area contributed by atoms with Gasteiger partial charge >= 0.3 is 0 Å². The number of rotatable bonds is 2. The molecule has 0 aliphatic rings. The lowest BCUT2D eigenvalue weighted by atomic mass is 10.0. The van der Waals surface area contributed by atoms with Crippen LogP contribution in [0.4, 0.5) is 5.69 Å². The van der Waals surface area contributed by atoms with Crippen molar-refractivity contribution in [3.8, 4) is 0 Å². The Morgan fingerprint density at radius 3 is 2.63 bits per heavy atom. The highest BCUT2D eigenvalue weighted by atomic mass is 16.1. The van der Waals surface area contributed by atoms with E-state index in [-0.39, 0.29) is 5.91 Å². The number of carbonyl (C=O) groups is 1. The van der Waals surface area contributed by atoms with E-state index in [1.165, 1.54) is 0 Å². The molecule has 0 fully saturated rings. The molecule has 1 aromatic heterocycles. The van der Waals surface area contributed by atoms with Crippen molar-refractivity contribution in [2.45, 2.75) is 0 Å². The number of pyridine rings is 1. The van der Waals surface area contributed by atoms with E-state index in [9.17, 15) is 4.79 Å². The van der Waals surface area contributed by atoms with Gasteiger partial charge in [-0.2, -0.15) is 0 Å². The van der Waals surface area contributed by atoms with Crippen LogP contribution in [0, 0.1) is 0 Å². The molecular weight excluding hydrogens is 236 g/mol. The smallest absolute Gasteiger partial charge is 0.256 e. The van der Waals surface area contributed by atoms with Crippen LogP contribution in [0.3, 0.4) is 0 Å². The van der Waals surface area contributed by atoms with Crippen LogP contribution in [0.25, 0.3) is 10.8 Å². The number of fused-ring (bicyclic) bond motifs is 1. The van der Waals surface area contributed by atoms with E-state index in [4.69, 9.17) is 0 Å². The summed E-state index contributed by atoms with van der Waals surface area (Å²) in [4.78, 5) is 16.3. The van der Waals surface area contributed by atoms with Crippen LogP contribution < -0.4 is 5.32 Å². The van der Waals surface area contributed by atoms with E-state index in [0.29, 0.717) is 11.3 Å². The first kappa shape index (κ1) is 11.4. The molecule has 0 bridgehead atoms. The van der Waals surface area contributed by atoms with Crippen LogP contribution in [0.2, 0.25) is 0 Å². The van der Waals surface area contributed by atoms with Crippen LogP contribution in [-0.4, -0.2) is 10.9 Å². The van der Waals surface area contributed by atoms with Gasteiger partial charge in [0.25, 0.3) is 5.91 Å². The number of hydrogen-bond donors (Lipinski definition) is 1. The van der Waals surface area contributed by atoms with Crippen LogP contribution in [-0.2, 0) is 0 Å². The van der Waals surface area contributed by atoms with Gasteiger partial charge in [-0.3, -0.25) is 9.78 Å². The van der Waals surface area contributed by atoms with Crippen molar-refractivity contribution >= 4 is 22.4 Å². The van der Waals surface area contributed by atoms with Crippen LogP contribution in [0.1, 0.15) is 10.4 Å². The van der Waals surface area contributed by atoms with Gasteiger partial charge in [0.05, 0.1) is 11.9 Å². The number of hydrogen-bond acceptors (Lipinski definition) is 2. The maximum atomic E-state index is 12.3. The van der Waals surface area contributed by atoms with Gasteiger partial charge in [-0.25, -0.2) is 0 Å². The minimum atomic E-state index is -0.121. The third-order valence-electron chi connectivity index (χ3n) is 2.95. The van der Waals surface area contributed by atoms with Crippen molar-refractivity contribution < 1.29 is 4.79 Å². The molecule has 3 aromatic rings. The average molecular weight is 248 g/mol. The lowest BCUT2D eigenvalue weighted by Gasteiger charge is -2.07. The molecule has 0 radical (unpaired) electrons. The predicted molar refractivity (Wildman–Crippen MR) is 76.1 cm³/mol. The van der Waals surface area contributed by atoms with Crippen molar-refractivity contribution in [1.29, 1.82) is 0 Å². The normalized spacial score (nSPS) is 10.3. The molecule has 0 aliphatic heterocycles. The minimum absolute atomic E-state index is 0.121. The average Bonchev–Trinajstić information content (AvgIpc) is 2.47. The first-order valence-corrected chi connectivity index (χ1v) is 6.04. The summed E-state index contributed by atoms with van der Waals surface area (Å²) in [5.74, 6) is -0.121. The molecule has 0 unspecified atom stereocenters. The fourth-order valence-electron chi connectivity index (χ4n) is 2.06. The van der Waals surface area contributed by atoms with Gasteiger partial charge in [0.2, 0.25) is 0 Å². The van der Waals surface area contributed by atoms with Crippen molar-refractivity contribution in [1.82, 2.24) is 4.98 Å². The Hall–Kier alpha value is -2.68. The molecule has 0 aliphatic carbocycles. The molecule has 1 amide bonds. The number of anilines is 1. The quantitative estimate of drug-likeness (QED) is 0.754. The number of nitrogens with one attached hydrogen (secondary N) is 1. The zero-order valence-corrected chi connectivity index (χ0v) is 10.2. The summed E-state index contributed by atoms with van der Waals surface area (Å²) in [5.41, 5.74) is 1.36. The first-order chi connectivity index (χ1) is 9.34. The monoisotopic (exact) mass is 248 g/mol. The minimum Gasteiger partial charge on any atom is -0.321 e. The molecule has 0 atom stereocenters. The Morgan fingerprint density at radius 1 is 0.947 bits per heavy atom. The van der Waals surface area contributed by atoms with E-state index in [1.807, 2.05) is 48.5 Å². The van der Waals surface area contributed by atoms with Crippen LogP contribution in [0.15, 0.2) is 67.0 Å². The van der Waals surface area contributed by atoms with E-state index in [0.717, 1.165) is 10.8 Å². The summed E-state index contributed by atoms with van der Waals surface area (Å²) in [6, 6.07) is 17.2. The largest absolute Gasteiger partial charge is 0.321 e. The highest BCUT2D eigenvalue weighted by Gasteiger charge is 2.09. The number of benzene rings is 2. The molecular formula is C16H12N2O. The number of amides is 1. The van der Waals surface area contributed by atoms with Gasteiger partial charge < -0.3 is 5.32 Å². The zero-order chi connectivity index (χ0) is 13.1. The van der Waals surface area contributed by atoms with E-state index in [2.05, 4.69) is 10.3 Å². The summed E-state index contributed by atoms with van der Waals surface area (Å²) in [5, 5.41) is 4.86. The second-order valence-electron chi connectivity index (χ2n) is 4.22. The van der Waals surface area contributed by atoms with Gasteiger partial charge in [-0.1, -0.05) is 36.4 Å². The number of carbonyl (C=O) groups excluding carboxylic acids is 1. The lowest BCUT2D eigenvalue weighted by Crippen LogP contribution is -2.12. The van der Waals surface area contributed by atoms with Gasteiger partial charge in [0.1, 0.15) is 0 Å². The van der Waals surface area contributed by atoms with E-state index in [1.54, 1.807) is 18.5 Å². The molecule has 92 valence electrons. The van der Waals surface area contributed by atoms with Crippen LogP contribution >= 0.6 is 0 Å². The highest BCUT2D eigenvalue weighted by molar-refractivity contribution is 6.12. The third kappa shape index (κ3) is 2.31. The fraction of sp³-hybridized carbons (Fsp3) is 0. The zero-order valence-electron chi connectivity index (χ0n) is 10.2. The van der Waals surface area contributed by atoms with Gasteiger partial charge in [0.15, 0.2) is 0 Å². The molecule has 1 heterocycles. The molecule has 3 nitrogen and oxygen atoms in total. The summed E-state index contributed by atoms with van der Waals surface area (Å²) in [7, 11) is 0. The molecule has 3 heteroatoms. The first-order valence-electron chi connectivity index (χ1n) is 6.04. The Balaban J connectivity index is 1.98. The maximum absolute atomic E-state index is 12.3. The Labute approximate surface area is 110 Å². The fourth-order valence-corrected chi connectivity index (χ4v) is 2.06. The maximum Gasteiger partial charge on any atom is 0.256 e.